The molecule has 0 aromatic heterocycles. The summed E-state index contributed by atoms with van der Waals surface area (Å²) in [4.78, 5) is 11.6. The summed E-state index contributed by atoms with van der Waals surface area (Å²) in [6, 6.07) is 7.81. The van der Waals surface area contributed by atoms with E-state index in [9.17, 15) is 9.90 Å². The van der Waals surface area contributed by atoms with E-state index in [2.05, 4.69) is 10.6 Å². The predicted octanol–water partition coefficient (Wildman–Crippen LogP) is 2.20. The second-order valence-electron chi connectivity index (χ2n) is 5.18. The fourth-order valence-corrected chi connectivity index (χ4v) is 1.98. The van der Waals surface area contributed by atoms with Crippen molar-refractivity contribution in [1.82, 2.24) is 10.6 Å². The normalized spacial score (nSPS) is 13.7. The van der Waals surface area contributed by atoms with Crippen molar-refractivity contribution >= 4 is 6.03 Å². The van der Waals surface area contributed by atoms with Gasteiger partial charge in [0.1, 0.15) is 0 Å². The Bertz CT molecular complexity index is 405. The van der Waals surface area contributed by atoms with E-state index < -0.39 is 0 Å². The van der Waals surface area contributed by atoms with Crippen LogP contribution in [-0.2, 0) is 6.54 Å². The average Bonchev–Trinajstić information content (AvgIpc) is 2.34. The number of aryl methyl sites for hydroxylation is 1. The number of hydrogen-bond acceptors (Lipinski definition) is 2. The van der Waals surface area contributed by atoms with Gasteiger partial charge in [0.2, 0.25) is 0 Å². The van der Waals surface area contributed by atoms with Gasteiger partial charge in [0, 0.05) is 13.1 Å². The lowest BCUT2D eigenvalue weighted by Crippen LogP contribution is -2.38. The fraction of sp³-hybridized carbons (Fsp3) is 0.533. The molecule has 0 saturated heterocycles. The highest BCUT2D eigenvalue weighted by Crippen LogP contribution is 2.06. The first kappa shape index (κ1) is 15.5. The van der Waals surface area contributed by atoms with Gasteiger partial charge < -0.3 is 15.7 Å². The minimum Gasteiger partial charge on any atom is -0.393 e. The first-order valence-electron chi connectivity index (χ1n) is 6.73. The van der Waals surface area contributed by atoms with Gasteiger partial charge in [0.15, 0.2) is 0 Å². The topological polar surface area (TPSA) is 61.4 Å². The summed E-state index contributed by atoms with van der Waals surface area (Å²) in [5.41, 5.74) is 2.29. The molecule has 0 radical (unpaired) electrons. The number of benzene rings is 1. The standard InChI is InChI=1S/C15H24N2O2/c1-11(8-13(3)18)9-16-15(19)17-10-14-7-5-4-6-12(14)2/h4-7,11,13,18H,8-10H2,1-3H3,(H2,16,17,19). The number of aliphatic hydroxyl groups is 1. The fourth-order valence-electron chi connectivity index (χ4n) is 1.98. The number of carbonyl (C=O) groups excluding carboxylic acids is 1. The lowest BCUT2D eigenvalue weighted by Gasteiger charge is -2.15. The lowest BCUT2D eigenvalue weighted by atomic mass is 10.1. The molecule has 0 fully saturated rings. The Morgan fingerprint density at radius 3 is 2.58 bits per heavy atom. The summed E-state index contributed by atoms with van der Waals surface area (Å²) < 4.78 is 0. The predicted molar refractivity (Wildman–Crippen MR) is 76.9 cm³/mol. The first-order valence-corrected chi connectivity index (χ1v) is 6.73. The molecule has 0 spiro atoms. The van der Waals surface area contributed by atoms with E-state index in [0.717, 1.165) is 5.56 Å². The van der Waals surface area contributed by atoms with Gasteiger partial charge in [-0.05, 0) is 37.3 Å². The zero-order valence-electron chi connectivity index (χ0n) is 11.9. The minimum atomic E-state index is -0.327. The summed E-state index contributed by atoms with van der Waals surface area (Å²) in [5, 5.41) is 14.9. The van der Waals surface area contributed by atoms with Gasteiger partial charge in [0.25, 0.3) is 0 Å². The van der Waals surface area contributed by atoms with E-state index in [0.29, 0.717) is 19.5 Å². The zero-order chi connectivity index (χ0) is 14.3. The van der Waals surface area contributed by atoms with Crippen LogP contribution in [0.3, 0.4) is 0 Å². The molecule has 1 rings (SSSR count). The van der Waals surface area contributed by atoms with Crippen molar-refractivity contribution in [2.75, 3.05) is 6.54 Å². The van der Waals surface area contributed by atoms with Gasteiger partial charge in [-0.3, -0.25) is 0 Å². The highest BCUT2D eigenvalue weighted by atomic mass is 16.3. The molecule has 1 aromatic rings. The Kier molecular flexibility index (Phi) is 6.36. The summed E-state index contributed by atoms with van der Waals surface area (Å²) in [6.45, 7) is 6.90. The number of urea groups is 1. The van der Waals surface area contributed by atoms with Crippen LogP contribution in [0.4, 0.5) is 4.79 Å². The third-order valence-electron chi connectivity index (χ3n) is 3.06. The molecule has 2 unspecified atom stereocenters. The molecular weight excluding hydrogens is 240 g/mol. The quantitative estimate of drug-likeness (QED) is 0.737. The maximum atomic E-state index is 11.6. The minimum absolute atomic E-state index is 0.166. The molecule has 2 amide bonds. The van der Waals surface area contributed by atoms with Gasteiger partial charge in [-0.1, -0.05) is 31.2 Å². The van der Waals surface area contributed by atoms with E-state index in [1.54, 1.807) is 6.92 Å². The first-order chi connectivity index (χ1) is 8.99. The number of aliphatic hydroxyl groups excluding tert-OH is 1. The average molecular weight is 264 g/mol. The van der Waals surface area contributed by atoms with Crippen LogP contribution in [0.15, 0.2) is 24.3 Å². The van der Waals surface area contributed by atoms with Crippen LogP contribution in [0.2, 0.25) is 0 Å². The number of nitrogens with one attached hydrogen (secondary N) is 2. The molecule has 3 N–H and O–H groups in total. The van der Waals surface area contributed by atoms with Gasteiger partial charge in [-0.25, -0.2) is 4.79 Å². The number of amides is 2. The molecule has 0 heterocycles. The molecule has 0 bridgehead atoms. The Balaban J connectivity index is 2.27. The molecule has 4 nitrogen and oxygen atoms in total. The Morgan fingerprint density at radius 1 is 1.26 bits per heavy atom. The van der Waals surface area contributed by atoms with Gasteiger partial charge in [-0.15, -0.1) is 0 Å². The highest BCUT2D eigenvalue weighted by Gasteiger charge is 2.08. The molecule has 0 aliphatic rings. The van der Waals surface area contributed by atoms with Crippen molar-refractivity contribution in [3.63, 3.8) is 0 Å². The van der Waals surface area contributed by atoms with Gasteiger partial charge >= 0.3 is 6.03 Å². The van der Waals surface area contributed by atoms with E-state index in [-0.39, 0.29) is 18.1 Å². The second kappa shape index (κ2) is 7.79. The lowest BCUT2D eigenvalue weighted by molar-refractivity contribution is 0.163. The van der Waals surface area contributed by atoms with Crippen LogP contribution in [-0.4, -0.2) is 23.8 Å². The van der Waals surface area contributed by atoms with Crippen LogP contribution in [0.25, 0.3) is 0 Å². The smallest absolute Gasteiger partial charge is 0.315 e. The molecule has 19 heavy (non-hydrogen) atoms. The molecule has 106 valence electrons. The van der Waals surface area contributed by atoms with Crippen LogP contribution in [0, 0.1) is 12.8 Å². The van der Waals surface area contributed by atoms with Crippen molar-refractivity contribution in [1.29, 1.82) is 0 Å². The van der Waals surface area contributed by atoms with Crippen LogP contribution in [0.5, 0.6) is 0 Å². The van der Waals surface area contributed by atoms with Crippen molar-refractivity contribution in [2.45, 2.75) is 39.8 Å². The molecule has 4 heteroatoms. The molecule has 0 aliphatic carbocycles. The summed E-state index contributed by atoms with van der Waals surface area (Å²) in [5.74, 6) is 0.268. The highest BCUT2D eigenvalue weighted by molar-refractivity contribution is 5.73. The maximum Gasteiger partial charge on any atom is 0.315 e. The van der Waals surface area contributed by atoms with Crippen molar-refractivity contribution in [2.24, 2.45) is 5.92 Å². The molecule has 0 saturated carbocycles. The molecule has 1 aromatic carbocycles. The maximum absolute atomic E-state index is 11.6. The second-order valence-corrected chi connectivity index (χ2v) is 5.18. The van der Waals surface area contributed by atoms with E-state index in [4.69, 9.17) is 0 Å². The van der Waals surface area contributed by atoms with Crippen molar-refractivity contribution < 1.29 is 9.90 Å². The number of carbonyl (C=O) groups is 1. The molecular formula is C15H24N2O2. The van der Waals surface area contributed by atoms with E-state index in [1.165, 1.54) is 5.56 Å². The van der Waals surface area contributed by atoms with Crippen molar-refractivity contribution in [3.05, 3.63) is 35.4 Å². The monoisotopic (exact) mass is 264 g/mol. The Hall–Kier alpha value is -1.55. The molecule has 0 aliphatic heterocycles. The van der Waals surface area contributed by atoms with Crippen LogP contribution < -0.4 is 10.6 Å². The summed E-state index contributed by atoms with van der Waals surface area (Å²) >= 11 is 0. The van der Waals surface area contributed by atoms with Gasteiger partial charge in [-0.2, -0.15) is 0 Å². The number of hydrogen-bond donors (Lipinski definition) is 3. The van der Waals surface area contributed by atoms with E-state index in [1.807, 2.05) is 38.1 Å². The van der Waals surface area contributed by atoms with Crippen molar-refractivity contribution in [3.8, 4) is 0 Å². The zero-order valence-corrected chi connectivity index (χ0v) is 11.9. The number of rotatable bonds is 6. The van der Waals surface area contributed by atoms with E-state index >= 15 is 0 Å². The van der Waals surface area contributed by atoms with Crippen LogP contribution in [0.1, 0.15) is 31.4 Å². The summed E-state index contributed by atoms with van der Waals surface area (Å²) in [6.07, 6.45) is 0.366. The Labute approximate surface area is 115 Å². The SMILES string of the molecule is Cc1ccccc1CNC(=O)NCC(C)CC(C)O. The Morgan fingerprint density at radius 2 is 1.95 bits per heavy atom. The van der Waals surface area contributed by atoms with Crippen LogP contribution >= 0.6 is 0 Å². The molecule has 2 atom stereocenters. The summed E-state index contributed by atoms with van der Waals surface area (Å²) in [7, 11) is 0. The van der Waals surface area contributed by atoms with Gasteiger partial charge in [0.05, 0.1) is 6.10 Å². The largest absolute Gasteiger partial charge is 0.393 e. The third kappa shape index (κ3) is 6.25. The third-order valence-corrected chi connectivity index (χ3v) is 3.06.